The number of halogens is 3. The van der Waals surface area contributed by atoms with Crippen LogP contribution in [0.2, 0.25) is 0 Å². The van der Waals surface area contributed by atoms with Gasteiger partial charge in [-0.3, -0.25) is 14.9 Å². The van der Waals surface area contributed by atoms with Gasteiger partial charge >= 0.3 is 18.1 Å². The van der Waals surface area contributed by atoms with Gasteiger partial charge in [-0.2, -0.15) is 13.2 Å². The minimum Gasteiger partial charge on any atom is -0.468 e. The maximum atomic E-state index is 13.4. The molecule has 0 heterocycles. The Bertz CT molecular complexity index is 1650. The minimum absolute atomic E-state index is 0.0420. The van der Waals surface area contributed by atoms with Gasteiger partial charge in [0.1, 0.15) is 11.8 Å². The number of alkyl halides is 3. The third kappa shape index (κ3) is 7.27. The summed E-state index contributed by atoms with van der Waals surface area (Å²) in [6, 6.07) is 41.5. The van der Waals surface area contributed by atoms with Gasteiger partial charge in [0.05, 0.1) is 18.3 Å². The molecule has 0 aliphatic heterocycles. The van der Waals surface area contributed by atoms with E-state index < -0.39 is 29.6 Å². The Morgan fingerprint density at radius 2 is 1.15 bits per heavy atom. The van der Waals surface area contributed by atoms with Crippen LogP contribution in [0.4, 0.5) is 18.9 Å². The second-order valence-corrected chi connectivity index (χ2v) is 10.5. The number of amides is 1. The van der Waals surface area contributed by atoms with E-state index in [4.69, 9.17) is 9.47 Å². The van der Waals surface area contributed by atoms with Crippen LogP contribution in [-0.4, -0.2) is 31.2 Å². The van der Waals surface area contributed by atoms with E-state index in [0.717, 1.165) is 22.3 Å². The van der Waals surface area contributed by atoms with Crippen molar-refractivity contribution in [2.24, 2.45) is 0 Å². The number of benzene rings is 5. The van der Waals surface area contributed by atoms with Gasteiger partial charge in [-0.05, 0) is 52.9 Å². The normalized spacial score (nSPS) is 12.2. The molecule has 0 aliphatic carbocycles. The van der Waals surface area contributed by atoms with Crippen molar-refractivity contribution in [2.45, 2.75) is 24.2 Å². The van der Waals surface area contributed by atoms with Gasteiger partial charge in [0.15, 0.2) is 5.75 Å². The Labute approximate surface area is 264 Å². The smallest absolute Gasteiger partial charge is 0.468 e. The second kappa shape index (κ2) is 14.1. The number of carbonyl (C=O) groups excluding carboxylic acids is 2. The molecule has 5 aromatic carbocycles. The predicted molar refractivity (Wildman–Crippen MR) is 169 cm³/mol. The molecule has 1 atom stereocenters. The molecule has 5 aromatic rings. The van der Waals surface area contributed by atoms with Crippen LogP contribution >= 0.6 is 0 Å². The van der Waals surface area contributed by atoms with Gasteiger partial charge in [-0.25, -0.2) is 0 Å². The molecule has 5 rings (SSSR count). The van der Waals surface area contributed by atoms with Crippen LogP contribution < -0.4 is 15.4 Å². The third-order valence-corrected chi connectivity index (χ3v) is 7.48. The molecule has 0 saturated carbocycles. The Balaban J connectivity index is 1.45. The summed E-state index contributed by atoms with van der Waals surface area (Å²) in [5, 5.41) is 5.51. The average Bonchev–Trinajstić information content (AvgIpc) is 3.08. The first-order chi connectivity index (χ1) is 22.2. The Morgan fingerprint density at radius 1 is 0.674 bits per heavy atom. The third-order valence-electron chi connectivity index (χ3n) is 7.48. The molecule has 0 unspecified atom stereocenters. The standard InChI is InChI=1S/C37H31F3N2O4/c1-45-34(43)32(25-26-21-23-30(24-22-26)46-33-20-12-11-19-31(33)41-35(44)37(38,39)40)42-36(27-13-5-2-6-14-27,28-15-7-3-8-16-28)29-17-9-4-10-18-29/h2-24,32,42H,25H2,1H3,(H,41,44)/t32-/m0/s1. The lowest BCUT2D eigenvalue weighted by molar-refractivity contribution is -0.167. The van der Waals surface area contributed by atoms with E-state index in [2.05, 4.69) is 5.32 Å². The highest BCUT2D eigenvalue weighted by Gasteiger charge is 2.40. The number of carbonyl (C=O) groups is 2. The first-order valence-corrected chi connectivity index (χ1v) is 14.5. The highest BCUT2D eigenvalue weighted by atomic mass is 19.4. The van der Waals surface area contributed by atoms with Gasteiger partial charge in [-0.15, -0.1) is 0 Å². The van der Waals surface area contributed by atoms with E-state index >= 15 is 0 Å². The van der Waals surface area contributed by atoms with Crippen LogP contribution in [-0.2, 0) is 26.3 Å². The number of rotatable bonds is 11. The van der Waals surface area contributed by atoms with Crippen molar-refractivity contribution in [3.63, 3.8) is 0 Å². The molecular formula is C37H31F3N2O4. The van der Waals surface area contributed by atoms with Gasteiger partial charge in [0.2, 0.25) is 0 Å². The van der Waals surface area contributed by atoms with Crippen molar-refractivity contribution in [3.8, 4) is 11.5 Å². The monoisotopic (exact) mass is 624 g/mol. The molecule has 0 aromatic heterocycles. The molecule has 234 valence electrons. The zero-order valence-corrected chi connectivity index (χ0v) is 24.8. The molecule has 46 heavy (non-hydrogen) atoms. The molecule has 0 bridgehead atoms. The summed E-state index contributed by atoms with van der Waals surface area (Å²) >= 11 is 0. The first kappa shape index (κ1) is 32.0. The quantitative estimate of drug-likeness (QED) is 0.117. The maximum Gasteiger partial charge on any atom is 0.471 e. The SMILES string of the molecule is COC(=O)[C@H](Cc1ccc(Oc2ccccc2NC(=O)C(F)(F)F)cc1)NC(c1ccccc1)(c1ccccc1)c1ccccc1. The summed E-state index contributed by atoms with van der Waals surface area (Å²) in [5.74, 6) is -2.19. The topological polar surface area (TPSA) is 76.7 Å². The number of methoxy groups -OCH3 is 1. The molecule has 0 saturated heterocycles. The maximum absolute atomic E-state index is 13.4. The molecule has 0 radical (unpaired) electrons. The molecule has 2 N–H and O–H groups in total. The lowest BCUT2D eigenvalue weighted by Gasteiger charge is -2.39. The molecule has 6 nitrogen and oxygen atoms in total. The fourth-order valence-electron chi connectivity index (χ4n) is 5.32. The van der Waals surface area contributed by atoms with E-state index in [1.165, 1.54) is 25.3 Å². The van der Waals surface area contributed by atoms with Crippen molar-refractivity contribution < 1.29 is 32.2 Å². The summed E-state index contributed by atoms with van der Waals surface area (Å²) in [4.78, 5) is 24.9. The van der Waals surface area contributed by atoms with Crippen LogP contribution in [0.15, 0.2) is 140 Å². The lowest BCUT2D eigenvalue weighted by Crippen LogP contribution is -2.53. The number of hydrogen-bond acceptors (Lipinski definition) is 5. The molecule has 1 amide bonds. The van der Waals surface area contributed by atoms with Crippen molar-refractivity contribution in [2.75, 3.05) is 12.4 Å². The average molecular weight is 625 g/mol. The van der Waals surface area contributed by atoms with E-state index in [1.54, 1.807) is 30.3 Å². The van der Waals surface area contributed by atoms with Crippen LogP contribution in [0, 0.1) is 0 Å². The molecule has 0 fully saturated rings. The second-order valence-electron chi connectivity index (χ2n) is 10.5. The van der Waals surface area contributed by atoms with Crippen molar-refractivity contribution >= 4 is 17.6 Å². The number of nitrogens with one attached hydrogen (secondary N) is 2. The van der Waals surface area contributed by atoms with Crippen LogP contribution in [0.25, 0.3) is 0 Å². The Morgan fingerprint density at radius 3 is 1.63 bits per heavy atom. The number of ether oxygens (including phenoxy) is 2. The van der Waals surface area contributed by atoms with Gasteiger partial charge < -0.3 is 14.8 Å². The molecule has 9 heteroatoms. The summed E-state index contributed by atoms with van der Waals surface area (Å²) in [6.07, 6.45) is -4.79. The molecular weight excluding hydrogens is 593 g/mol. The van der Waals surface area contributed by atoms with E-state index in [-0.39, 0.29) is 17.9 Å². The Hall–Kier alpha value is -5.41. The number of para-hydroxylation sites is 2. The van der Waals surface area contributed by atoms with Crippen molar-refractivity contribution in [1.82, 2.24) is 5.32 Å². The first-order valence-electron chi connectivity index (χ1n) is 14.5. The molecule has 0 aliphatic rings. The number of hydrogen-bond donors (Lipinski definition) is 2. The van der Waals surface area contributed by atoms with E-state index in [0.29, 0.717) is 5.75 Å². The minimum atomic E-state index is -5.04. The predicted octanol–water partition coefficient (Wildman–Crippen LogP) is 7.65. The summed E-state index contributed by atoms with van der Waals surface area (Å²) in [5.41, 5.74) is 2.53. The van der Waals surface area contributed by atoms with Gasteiger partial charge in [0.25, 0.3) is 0 Å². The fraction of sp³-hybridized carbons (Fsp3) is 0.135. The summed E-state index contributed by atoms with van der Waals surface area (Å²) in [6.45, 7) is 0. The van der Waals surface area contributed by atoms with Crippen molar-refractivity contribution in [3.05, 3.63) is 162 Å². The number of anilines is 1. The fourth-order valence-corrected chi connectivity index (χ4v) is 5.32. The summed E-state index contributed by atoms with van der Waals surface area (Å²) in [7, 11) is 1.35. The number of esters is 1. The lowest BCUT2D eigenvalue weighted by atomic mass is 9.76. The van der Waals surface area contributed by atoms with Crippen molar-refractivity contribution in [1.29, 1.82) is 0 Å². The van der Waals surface area contributed by atoms with Crippen LogP contribution in [0.1, 0.15) is 22.3 Å². The zero-order valence-electron chi connectivity index (χ0n) is 24.8. The largest absolute Gasteiger partial charge is 0.471 e. The summed E-state index contributed by atoms with van der Waals surface area (Å²) < 4.78 is 49.6. The van der Waals surface area contributed by atoms with Crippen LogP contribution in [0.5, 0.6) is 11.5 Å². The molecule has 0 spiro atoms. The highest BCUT2D eigenvalue weighted by Crippen LogP contribution is 2.38. The van der Waals surface area contributed by atoms with Gasteiger partial charge in [0, 0.05) is 0 Å². The van der Waals surface area contributed by atoms with Crippen LogP contribution in [0.3, 0.4) is 0 Å². The zero-order chi connectivity index (χ0) is 32.6. The Kier molecular flexibility index (Phi) is 9.83. The van der Waals surface area contributed by atoms with E-state index in [9.17, 15) is 22.8 Å². The van der Waals surface area contributed by atoms with E-state index in [1.807, 2.05) is 96.3 Å². The highest BCUT2D eigenvalue weighted by molar-refractivity contribution is 5.96. The van der Waals surface area contributed by atoms with Gasteiger partial charge in [-0.1, -0.05) is 115 Å².